The molecule has 118 valence electrons. The Morgan fingerprint density at radius 1 is 0.917 bits per heavy atom. The van der Waals surface area contributed by atoms with Gasteiger partial charge in [0, 0.05) is 35.9 Å². The summed E-state index contributed by atoms with van der Waals surface area (Å²) in [4.78, 5) is 29.3. The zero-order valence-corrected chi connectivity index (χ0v) is 12.9. The van der Waals surface area contributed by atoms with E-state index in [9.17, 15) is 4.79 Å². The average Bonchev–Trinajstić information content (AvgIpc) is 3.45. The molecule has 0 saturated heterocycles. The van der Waals surface area contributed by atoms with Crippen LogP contribution in [-0.4, -0.2) is 25.8 Å². The predicted octanol–water partition coefficient (Wildman–Crippen LogP) is 2.12. The zero-order valence-electron chi connectivity index (χ0n) is 12.9. The van der Waals surface area contributed by atoms with Crippen LogP contribution in [0, 0.1) is 0 Å². The molecule has 3 aromatic rings. The fraction of sp³-hybridized carbons (Fsp3) is 0.167. The number of pyridine rings is 2. The van der Waals surface area contributed by atoms with Gasteiger partial charge < -0.3 is 5.73 Å². The number of primary amides is 1. The number of hydrogen-bond acceptors (Lipinski definition) is 5. The number of hydrogen-bond donors (Lipinski definition) is 1. The fourth-order valence-electron chi connectivity index (χ4n) is 2.81. The molecule has 3 heterocycles. The third-order valence-electron chi connectivity index (χ3n) is 4.39. The Bertz CT molecular complexity index is 892. The lowest BCUT2D eigenvalue weighted by Gasteiger charge is -2.14. The van der Waals surface area contributed by atoms with Gasteiger partial charge in [-0.25, -0.2) is 4.98 Å². The van der Waals surface area contributed by atoms with Crippen LogP contribution >= 0.6 is 0 Å². The van der Waals surface area contributed by atoms with Crippen molar-refractivity contribution in [1.29, 1.82) is 0 Å². The summed E-state index contributed by atoms with van der Waals surface area (Å²) in [5, 5.41) is 0. The normalized spacial score (nSPS) is 15.0. The van der Waals surface area contributed by atoms with Gasteiger partial charge in [-0.05, 0) is 37.1 Å². The minimum Gasteiger partial charge on any atom is -0.369 e. The first-order valence-corrected chi connectivity index (χ1v) is 7.69. The fourth-order valence-corrected chi connectivity index (χ4v) is 2.81. The van der Waals surface area contributed by atoms with E-state index < -0.39 is 5.41 Å². The van der Waals surface area contributed by atoms with Crippen LogP contribution in [-0.2, 0) is 10.2 Å². The minimum absolute atomic E-state index is 0.339. The highest BCUT2D eigenvalue weighted by Gasteiger charge is 2.51. The molecule has 0 spiro atoms. The second-order valence-electron chi connectivity index (χ2n) is 5.87. The maximum atomic E-state index is 11.8. The Morgan fingerprint density at radius 3 is 1.96 bits per heavy atom. The van der Waals surface area contributed by atoms with Gasteiger partial charge in [-0.3, -0.25) is 19.7 Å². The van der Waals surface area contributed by atoms with Crippen molar-refractivity contribution in [2.45, 2.75) is 18.3 Å². The second-order valence-corrected chi connectivity index (χ2v) is 5.87. The van der Waals surface area contributed by atoms with Crippen molar-refractivity contribution in [3.8, 4) is 22.5 Å². The topological polar surface area (TPSA) is 94.7 Å². The van der Waals surface area contributed by atoms with E-state index in [-0.39, 0.29) is 5.91 Å². The maximum absolute atomic E-state index is 11.8. The maximum Gasteiger partial charge on any atom is 0.229 e. The molecule has 0 aliphatic heterocycles. The van der Waals surface area contributed by atoms with Gasteiger partial charge in [0.15, 0.2) is 0 Å². The lowest BCUT2D eigenvalue weighted by molar-refractivity contribution is -0.120. The largest absolute Gasteiger partial charge is 0.369 e. The molecule has 6 nitrogen and oxygen atoms in total. The lowest BCUT2D eigenvalue weighted by atomic mass is 10.00. The van der Waals surface area contributed by atoms with Gasteiger partial charge in [-0.2, -0.15) is 0 Å². The minimum atomic E-state index is -0.661. The van der Waals surface area contributed by atoms with Crippen molar-refractivity contribution in [1.82, 2.24) is 19.9 Å². The molecular formula is C18H15N5O. The molecule has 1 aliphatic rings. The molecule has 0 aromatic carbocycles. The third-order valence-corrected chi connectivity index (χ3v) is 4.39. The van der Waals surface area contributed by atoms with Crippen LogP contribution < -0.4 is 5.73 Å². The van der Waals surface area contributed by atoms with E-state index in [0.29, 0.717) is 11.4 Å². The summed E-state index contributed by atoms with van der Waals surface area (Å²) in [6, 6.07) is 7.52. The summed E-state index contributed by atoms with van der Waals surface area (Å²) in [6.45, 7) is 0. The highest BCUT2D eigenvalue weighted by atomic mass is 16.1. The predicted molar refractivity (Wildman–Crippen MR) is 88.6 cm³/mol. The van der Waals surface area contributed by atoms with Gasteiger partial charge in [0.1, 0.15) is 0 Å². The molecule has 1 aliphatic carbocycles. The molecule has 6 heteroatoms. The second kappa shape index (κ2) is 5.49. The van der Waals surface area contributed by atoms with Gasteiger partial charge in [0.25, 0.3) is 0 Å². The number of rotatable bonds is 4. The van der Waals surface area contributed by atoms with E-state index >= 15 is 0 Å². The van der Waals surface area contributed by atoms with Gasteiger partial charge >= 0.3 is 0 Å². The summed E-state index contributed by atoms with van der Waals surface area (Å²) in [5.41, 5.74) is 8.83. The first-order chi connectivity index (χ1) is 11.7. The van der Waals surface area contributed by atoms with Crippen LogP contribution in [0.3, 0.4) is 0 Å². The molecule has 2 N–H and O–H groups in total. The number of carbonyl (C=O) groups is 1. The third kappa shape index (κ3) is 2.32. The van der Waals surface area contributed by atoms with Gasteiger partial charge in [-0.1, -0.05) is 0 Å². The van der Waals surface area contributed by atoms with Crippen LogP contribution in [0.1, 0.15) is 18.5 Å². The summed E-state index contributed by atoms with van der Waals surface area (Å²) in [6.07, 6.45) is 9.96. The van der Waals surface area contributed by atoms with Crippen molar-refractivity contribution < 1.29 is 4.79 Å². The number of nitrogens with zero attached hydrogens (tertiary/aromatic N) is 4. The van der Waals surface area contributed by atoms with E-state index in [1.807, 2.05) is 24.3 Å². The molecule has 4 rings (SSSR count). The first-order valence-electron chi connectivity index (χ1n) is 7.69. The van der Waals surface area contributed by atoms with E-state index in [2.05, 4.69) is 15.0 Å². The van der Waals surface area contributed by atoms with Crippen molar-refractivity contribution in [3.63, 3.8) is 0 Å². The number of amides is 1. The van der Waals surface area contributed by atoms with E-state index in [1.165, 1.54) is 0 Å². The van der Waals surface area contributed by atoms with E-state index in [1.54, 1.807) is 31.0 Å². The van der Waals surface area contributed by atoms with Crippen molar-refractivity contribution in [3.05, 3.63) is 60.9 Å². The van der Waals surface area contributed by atoms with Gasteiger partial charge in [0.2, 0.25) is 5.91 Å². The Morgan fingerprint density at radius 2 is 1.46 bits per heavy atom. The molecule has 1 saturated carbocycles. The summed E-state index contributed by atoms with van der Waals surface area (Å²) in [7, 11) is 0. The average molecular weight is 317 g/mol. The molecule has 0 radical (unpaired) electrons. The van der Waals surface area contributed by atoms with Crippen LogP contribution in [0.25, 0.3) is 22.5 Å². The lowest BCUT2D eigenvalue weighted by Crippen LogP contribution is -2.29. The van der Waals surface area contributed by atoms with Crippen molar-refractivity contribution >= 4 is 5.91 Å². The number of aromatic nitrogens is 4. The van der Waals surface area contributed by atoms with E-state index in [0.717, 1.165) is 29.7 Å². The Balaban J connectivity index is 1.91. The van der Waals surface area contributed by atoms with Crippen molar-refractivity contribution in [2.75, 3.05) is 0 Å². The number of carbonyl (C=O) groups excluding carboxylic acids is 1. The smallest absolute Gasteiger partial charge is 0.229 e. The van der Waals surface area contributed by atoms with Crippen LogP contribution in [0.4, 0.5) is 0 Å². The highest BCUT2D eigenvalue weighted by molar-refractivity contribution is 5.89. The van der Waals surface area contributed by atoms with Crippen LogP contribution in [0.5, 0.6) is 0 Å². The summed E-state index contributed by atoms with van der Waals surface area (Å²) in [5.74, 6) is -0.339. The molecule has 0 bridgehead atoms. The molecule has 24 heavy (non-hydrogen) atoms. The summed E-state index contributed by atoms with van der Waals surface area (Å²) < 4.78 is 0. The summed E-state index contributed by atoms with van der Waals surface area (Å²) >= 11 is 0. The Labute approximate surface area is 138 Å². The molecule has 1 fully saturated rings. The Kier molecular flexibility index (Phi) is 3.30. The molecule has 3 aromatic heterocycles. The molecular weight excluding hydrogens is 302 g/mol. The number of nitrogens with two attached hydrogens (primary N) is 1. The first kappa shape index (κ1) is 14.4. The van der Waals surface area contributed by atoms with Crippen LogP contribution in [0.2, 0.25) is 0 Å². The Hall–Kier alpha value is -3.15. The van der Waals surface area contributed by atoms with Gasteiger partial charge in [0.05, 0.1) is 28.7 Å². The molecule has 0 unspecified atom stereocenters. The SMILES string of the molecule is NC(=O)C1(c2cnc(-c3ccncc3)c(-c3ccncc3)n2)CC1. The quantitative estimate of drug-likeness (QED) is 0.795. The highest BCUT2D eigenvalue weighted by Crippen LogP contribution is 2.47. The van der Waals surface area contributed by atoms with E-state index in [4.69, 9.17) is 10.7 Å². The van der Waals surface area contributed by atoms with Crippen molar-refractivity contribution in [2.24, 2.45) is 5.73 Å². The van der Waals surface area contributed by atoms with Gasteiger partial charge in [-0.15, -0.1) is 0 Å². The molecule has 1 amide bonds. The standard InChI is InChI=1S/C18H15N5O/c19-17(24)18(5-6-18)14-11-22-15(12-1-7-20-8-2-12)16(23-14)13-3-9-21-10-4-13/h1-4,7-11H,5-6H2,(H2,19,24). The van der Waals surface area contributed by atoms with Crippen LogP contribution in [0.15, 0.2) is 55.2 Å². The monoisotopic (exact) mass is 317 g/mol. The zero-order chi connectivity index (χ0) is 16.6. The molecule has 0 atom stereocenters.